The lowest BCUT2D eigenvalue weighted by molar-refractivity contribution is -0.131. The fourth-order valence-corrected chi connectivity index (χ4v) is 4.39. The number of aromatic nitrogens is 1. The Morgan fingerprint density at radius 2 is 1.82 bits per heavy atom. The third-order valence-electron chi connectivity index (χ3n) is 5.69. The first-order chi connectivity index (χ1) is 13.6. The van der Waals surface area contributed by atoms with Gasteiger partial charge in [-0.3, -0.25) is 4.79 Å². The Hall–Kier alpha value is -2.30. The third-order valence-corrected chi connectivity index (χ3v) is 6.04. The second kappa shape index (κ2) is 8.38. The highest BCUT2D eigenvalue weighted by atomic mass is 35.5. The van der Waals surface area contributed by atoms with Crippen LogP contribution in [0.4, 0.5) is 0 Å². The summed E-state index contributed by atoms with van der Waals surface area (Å²) in [5.74, 6) is 0.244. The van der Waals surface area contributed by atoms with Crippen LogP contribution in [0.1, 0.15) is 36.8 Å². The molecule has 5 heteroatoms. The van der Waals surface area contributed by atoms with E-state index in [1.54, 1.807) is 0 Å². The number of benzene rings is 2. The first-order valence-corrected chi connectivity index (χ1v) is 10.4. The lowest BCUT2D eigenvalue weighted by Gasteiger charge is -2.24. The van der Waals surface area contributed by atoms with Crippen LogP contribution in [0.2, 0.25) is 5.02 Å². The van der Waals surface area contributed by atoms with Gasteiger partial charge in [-0.05, 0) is 43.0 Å². The number of fused-ring (bicyclic) bond motifs is 1. The van der Waals surface area contributed by atoms with Crippen molar-refractivity contribution in [2.24, 2.45) is 0 Å². The molecule has 2 heterocycles. The molecular formula is C23H26ClN3O. The van der Waals surface area contributed by atoms with E-state index < -0.39 is 0 Å². The molecule has 1 aliphatic heterocycles. The van der Waals surface area contributed by atoms with Crippen molar-refractivity contribution < 1.29 is 4.79 Å². The highest BCUT2D eigenvalue weighted by Crippen LogP contribution is 2.34. The standard InChI is InChI=1S/C23H26ClN3O/c1-16(23(28)27-12-6-7-13-27)25-14-19(17-8-2-4-10-21(17)24)20-15-26-22-11-5-3-9-18(20)22/h2-5,8-11,15-16,19,25-26H,6-7,12-14H2,1H3/t16-,19+/m0/s1. The highest BCUT2D eigenvalue weighted by Gasteiger charge is 2.25. The average molecular weight is 396 g/mol. The molecule has 146 valence electrons. The van der Waals surface area contributed by atoms with Gasteiger partial charge >= 0.3 is 0 Å². The molecule has 0 aliphatic carbocycles. The van der Waals surface area contributed by atoms with Crippen molar-refractivity contribution in [3.63, 3.8) is 0 Å². The van der Waals surface area contributed by atoms with Crippen molar-refractivity contribution in [3.05, 3.63) is 70.9 Å². The van der Waals surface area contributed by atoms with E-state index in [4.69, 9.17) is 11.6 Å². The zero-order valence-electron chi connectivity index (χ0n) is 16.1. The summed E-state index contributed by atoms with van der Waals surface area (Å²) in [5, 5.41) is 5.41. The summed E-state index contributed by atoms with van der Waals surface area (Å²) < 4.78 is 0. The Morgan fingerprint density at radius 1 is 1.11 bits per heavy atom. The predicted molar refractivity (Wildman–Crippen MR) is 115 cm³/mol. The van der Waals surface area contributed by atoms with Crippen molar-refractivity contribution in [2.45, 2.75) is 31.7 Å². The SMILES string of the molecule is C[C@H](NC[C@H](c1ccccc1Cl)c1c[nH]c2ccccc12)C(=O)N1CCCC1. The van der Waals surface area contributed by atoms with Gasteiger partial charge in [0, 0.05) is 47.7 Å². The van der Waals surface area contributed by atoms with Crippen LogP contribution >= 0.6 is 11.6 Å². The first-order valence-electron chi connectivity index (χ1n) is 9.98. The second-order valence-electron chi connectivity index (χ2n) is 7.53. The van der Waals surface area contributed by atoms with Crippen LogP contribution in [0.15, 0.2) is 54.7 Å². The first kappa shape index (κ1) is 19.0. The molecule has 1 saturated heterocycles. The van der Waals surface area contributed by atoms with Gasteiger partial charge in [0.25, 0.3) is 0 Å². The summed E-state index contributed by atoms with van der Waals surface area (Å²) in [4.78, 5) is 18.0. The van der Waals surface area contributed by atoms with E-state index in [0.717, 1.165) is 42.0 Å². The second-order valence-corrected chi connectivity index (χ2v) is 7.93. The van der Waals surface area contributed by atoms with E-state index in [2.05, 4.69) is 40.8 Å². The molecule has 0 saturated carbocycles. The van der Waals surface area contributed by atoms with Gasteiger partial charge in [-0.25, -0.2) is 0 Å². The summed E-state index contributed by atoms with van der Waals surface area (Å²) in [5.41, 5.74) is 3.37. The molecule has 1 aliphatic rings. The molecule has 1 fully saturated rings. The number of nitrogens with one attached hydrogen (secondary N) is 2. The molecule has 28 heavy (non-hydrogen) atoms. The zero-order valence-corrected chi connectivity index (χ0v) is 16.9. The van der Waals surface area contributed by atoms with E-state index in [0.29, 0.717) is 6.54 Å². The molecule has 2 N–H and O–H groups in total. The fourth-order valence-electron chi connectivity index (χ4n) is 4.12. The van der Waals surface area contributed by atoms with Gasteiger partial charge in [-0.15, -0.1) is 0 Å². The van der Waals surface area contributed by atoms with Gasteiger partial charge in [-0.1, -0.05) is 48.0 Å². The molecule has 0 spiro atoms. The molecule has 4 nitrogen and oxygen atoms in total. The molecule has 3 aromatic rings. The van der Waals surface area contributed by atoms with Gasteiger partial charge in [0.05, 0.1) is 6.04 Å². The van der Waals surface area contributed by atoms with E-state index in [-0.39, 0.29) is 17.9 Å². The number of aromatic amines is 1. The van der Waals surface area contributed by atoms with Crippen molar-refractivity contribution in [1.82, 2.24) is 15.2 Å². The summed E-state index contributed by atoms with van der Waals surface area (Å²) >= 11 is 6.56. The number of carbonyl (C=O) groups is 1. The number of para-hydroxylation sites is 1. The minimum atomic E-state index is -0.215. The van der Waals surface area contributed by atoms with E-state index in [9.17, 15) is 4.79 Å². The maximum atomic E-state index is 12.7. The smallest absolute Gasteiger partial charge is 0.239 e. The Bertz CT molecular complexity index is 961. The van der Waals surface area contributed by atoms with E-state index >= 15 is 0 Å². The van der Waals surface area contributed by atoms with E-state index in [1.807, 2.05) is 36.1 Å². The number of hydrogen-bond donors (Lipinski definition) is 2. The Labute approximate surface area is 170 Å². The van der Waals surface area contributed by atoms with Crippen LogP contribution in [-0.4, -0.2) is 41.5 Å². The minimum absolute atomic E-state index is 0.0543. The van der Waals surface area contributed by atoms with Crippen molar-refractivity contribution in [3.8, 4) is 0 Å². The number of hydrogen-bond acceptors (Lipinski definition) is 2. The maximum absolute atomic E-state index is 12.7. The van der Waals surface area contributed by atoms with Gasteiger partial charge < -0.3 is 15.2 Å². The monoisotopic (exact) mass is 395 g/mol. The highest BCUT2D eigenvalue weighted by molar-refractivity contribution is 6.31. The number of rotatable bonds is 6. The van der Waals surface area contributed by atoms with Gasteiger partial charge in [0.2, 0.25) is 5.91 Å². The van der Waals surface area contributed by atoms with Gasteiger partial charge in [-0.2, -0.15) is 0 Å². The lowest BCUT2D eigenvalue weighted by atomic mass is 9.90. The van der Waals surface area contributed by atoms with Crippen LogP contribution in [0.25, 0.3) is 10.9 Å². The number of amides is 1. The van der Waals surface area contributed by atoms with Crippen LogP contribution in [0.5, 0.6) is 0 Å². The molecule has 0 unspecified atom stereocenters. The minimum Gasteiger partial charge on any atom is -0.361 e. The normalized spacial score (nSPS) is 16.4. The molecule has 2 aromatic carbocycles. The quantitative estimate of drug-likeness (QED) is 0.643. The number of likely N-dealkylation sites (tertiary alicyclic amines) is 1. The van der Waals surface area contributed by atoms with E-state index in [1.165, 1.54) is 10.9 Å². The summed E-state index contributed by atoms with van der Waals surface area (Å²) in [6.45, 7) is 4.36. The number of nitrogens with zero attached hydrogens (tertiary/aromatic N) is 1. The number of halogens is 1. The lowest BCUT2D eigenvalue weighted by Crippen LogP contribution is -2.44. The number of carbonyl (C=O) groups excluding carboxylic acids is 1. The maximum Gasteiger partial charge on any atom is 0.239 e. The molecule has 1 aromatic heterocycles. The summed E-state index contributed by atoms with van der Waals surface area (Å²) in [6, 6.07) is 16.0. The average Bonchev–Trinajstić information content (AvgIpc) is 3.39. The molecular weight excluding hydrogens is 370 g/mol. The Balaban J connectivity index is 1.60. The Morgan fingerprint density at radius 3 is 2.61 bits per heavy atom. The Kier molecular flexibility index (Phi) is 5.69. The van der Waals surface area contributed by atoms with Gasteiger partial charge in [0.15, 0.2) is 0 Å². The topological polar surface area (TPSA) is 48.1 Å². The zero-order chi connectivity index (χ0) is 19.5. The van der Waals surface area contributed by atoms with Crippen molar-refractivity contribution in [2.75, 3.05) is 19.6 Å². The molecule has 0 bridgehead atoms. The number of H-pyrrole nitrogens is 1. The molecule has 2 atom stereocenters. The van der Waals surface area contributed by atoms with Crippen LogP contribution in [-0.2, 0) is 4.79 Å². The van der Waals surface area contributed by atoms with Crippen molar-refractivity contribution in [1.29, 1.82) is 0 Å². The third kappa shape index (κ3) is 3.80. The van der Waals surface area contributed by atoms with Crippen LogP contribution < -0.4 is 5.32 Å². The fraction of sp³-hybridized carbons (Fsp3) is 0.348. The van der Waals surface area contributed by atoms with Crippen LogP contribution in [0.3, 0.4) is 0 Å². The molecule has 1 amide bonds. The molecule has 0 radical (unpaired) electrons. The van der Waals surface area contributed by atoms with Crippen molar-refractivity contribution >= 4 is 28.4 Å². The van der Waals surface area contributed by atoms with Gasteiger partial charge in [0.1, 0.15) is 0 Å². The molecule has 4 rings (SSSR count). The largest absolute Gasteiger partial charge is 0.361 e. The predicted octanol–water partition coefficient (Wildman–Crippen LogP) is 4.55. The summed E-state index contributed by atoms with van der Waals surface area (Å²) in [6.07, 6.45) is 4.28. The summed E-state index contributed by atoms with van der Waals surface area (Å²) in [7, 11) is 0. The van der Waals surface area contributed by atoms with Crippen LogP contribution in [0, 0.1) is 0 Å².